The summed E-state index contributed by atoms with van der Waals surface area (Å²) < 4.78 is 13.5. The highest BCUT2D eigenvalue weighted by Gasteiger charge is 2.18. The van der Waals surface area contributed by atoms with Crippen molar-refractivity contribution in [3.8, 4) is 11.3 Å². The van der Waals surface area contributed by atoms with E-state index in [0.717, 1.165) is 24.5 Å². The Balaban J connectivity index is 1.69. The van der Waals surface area contributed by atoms with Gasteiger partial charge < -0.3 is 10.6 Å². The van der Waals surface area contributed by atoms with Gasteiger partial charge in [0.2, 0.25) is 5.95 Å². The summed E-state index contributed by atoms with van der Waals surface area (Å²) in [5.41, 5.74) is 1.42. The van der Waals surface area contributed by atoms with Gasteiger partial charge in [0.15, 0.2) is 0 Å². The number of aromatic nitrogens is 2. The maximum atomic E-state index is 13.5. The summed E-state index contributed by atoms with van der Waals surface area (Å²) in [5, 5.41) is 17.7. The number of anilines is 3. The Bertz CT molecular complexity index is 1040. The molecule has 1 saturated carbocycles. The van der Waals surface area contributed by atoms with Crippen LogP contribution in [0.25, 0.3) is 11.3 Å². The Hall–Kier alpha value is -3.55. The summed E-state index contributed by atoms with van der Waals surface area (Å²) in [6.07, 6.45) is 5.70. The normalized spacial score (nSPS) is 14.3. The molecule has 1 heterocycles. The lowest BCUT2D eigenvalue weighted by atomic mass is 9.96. The van der Waals surface area contributed by atoms with Crippen LogP contribution in [0.15, 0.2) is 54.6 Å². The zero-order chi connectivity index (χ0) is 20.9. The molecule has 0 aliphatic heterocycles. The van der Waals surface area contributed by atoms with Crippen molar-refractivity contribution in [2.75, 3.05) is 10.6 Å². The van der Waals surface area contributed by atoms with Crippen LogP contribution in [0, 0.1) is 15.9 Å². The fraction of sp³-hybridized carbons (Fsp3) is 0.273. The molecule has 0 radical (unpaired) electrons. The molecule has 0 atom stereocenters. The first-order valence-electron chi connectivity index (χ1n) is 10.0. The van der Waals surface area contributed by atoms with Crippen molar-refractivity contribution in [3.05, 3.63) is 70.5 Å². The van der Waals surface area contributed by atoms with Gasteiger partial charge in [-0.1, -0.05) is 49.6 Å². The van der Waals surface area contributed by atoms with E-state index in [4.69, 9.17) is 0 Å². The minimum Gasteiger partial charge on any atom is -0.351 e. The van der Waals surface area contributed by atoms with Gasteiger partial charge in [-0.3, -0.25) is 10.1 Å². The molecule has 2 aromatic carbocycles. The second kappa shape index (κ2) is 8.86. The molecular weight excluding hydrogens is 385 g/mol. The van der Waals surface area contributed by atoms with Gasteiger partial charge in [0, 0.05) is 17.7 Å². The quantitative estimate of drug-likeness (QED) is 0.403. The van der Waals surface area contributed by atoms with Crippen molar-refractivity contribution in [1.29, 1.82) is 0 Å². The van der Waals surface area contributed by atoms with E-state index in [1.165, 1.54) is 31.4 Å². The van der Waals surface area contributed by atoms with E-state index in [1.807, 2.05) is 30.3 Å². The van der Waals surface area contributed by atoms with Crippen molar-refractivity contribution < 1.29 is 9.31 Å². The molecule has 1 aromatic heterocycles. The number of halogens is 1. The molecule has 0 spiro atoms. The van der Waals surface area contributed by atoms with Gasteiger partial charge in [0.1, 0.15) is 17.3 Å². The minimum absolute atomic E-state index is 0.169. The molecule has 1 aliphatic carbocycles. The first kappa shape index (κ1) is 19.8. The number of nitro groups is 1. The van der Waals surface area contributed by atoms with Crippen LogP contribution in [-0.4, -0.2) is 20.9 Å². The lowest BCUT2D eigenvalue weighted by Crippen LogP contribution is -2.23. The maximum absolute atomic E-state index is 13.5. The third-order valence-corrected chi connectivity index (χ3v) is 5.15. The van der Waals surface area contributed by atoms with Crippen LogP contribution < -0.4 is 10.6 Å². The molecule has 4 rings (SSSR count). The smallest absolute Gasteiger partial charge is 0.295 e. The van der Waals surface area contributed by atoms with Crippen LogP contribution in [0.5, 0.6) is 0 Å². The first-order chi connectivity index (χ1) is 14.6. The van der Waals surface area contributed by atoms with Crippen molar-refractivity contribution in [1.82, 2.24) is 9.97 Å². The van der Waals surface area contributed by atoms with Crippen LogP contribution in [0.4, 0.5) is 27.5 Å². The molecular formula is C22H22FN5O2. The predicted octanol–water partition coefficient (Wildman–Crippen LogP) is 5.68. The van der Waals surface area contributed by atoms with E-state index in [1.54, 1.807) is 6.07 Å². The lowest BCUT2D eigenvalue weighted by Gasteiger charge is -2.23. The van der Waals surface area contributed by atoms with Crippen molar-refractivity contribution >= 4 is 23.1 Å². The highest BCUT2D eigenvalue weighted by atomic mass is 19.1. The van der Waals surface area contributed by atoms with Gasteiger partial charge in [0.25, 0.3) is 5.69 Å². The highest BCUT2D eigenvalue weighted by Crippen LogP contribution is 2.30. The molecule has 1 fully saturated rings. The lowest BCUT2D eigenvalue weighted by molar-refractivity contribution is -0.384. The Kier molecular flexibility index (Phi) is 5.83. The van der Waals surface area contributed by atoms with Crippen molar-refractivity contribution in [2.45, 2.75) is 38.1 Å². The van der Waals surface area contributed by atoms with Gasteiger partial charge in [-0.2, -0.15) is 4.98 Å². The summed E-state index contributed by atoms with van der Waals surface area (Å²) in [4.78, 5) is 19.9. The maximum Gasteiger partial charge on any atom is 0.295 e. The van der Waals surface area contributed by atoms with Crippen molar-refractivity contribution in [2.24, 2.45) is 0 Å². The summed E-state index contributed by atoms with van der Waals surface area (Å²) in [5.74, 6) is 0.201. The zero-order valence-electron chi connectivity index (χ0n) is 16.3. The van der Waals surface area contributed by atoms with E-state index in [9.17, 15) is 14.5 Å². The molecule has 0 amide bonds. The van der Waals surface area contributed by atoms with E-state index in [-0.39, 0.29) is 11.4 Å². The molecule has 0 unspecified atom stereocenters. The molecule has 154 valence electrons. The Labute approximate surface area is 173 Å². The predicted molar refractivity (Wildman–Crippen MR) is 114 cm³/mol. The van der Waals surface area contributed by atoms with Gasteiger partial charge in [-0.05, 0) is 25.0 Å². The average Bonchev–Trinajstić information content (AvgIpc) is 2.76. The topological polar surface area (TPSA) is 93.0 Å². The molecule has 1 aliphatic rings. The largest absolute Gasteiger partial charge is 0.351 e. The molecule has 0 bridgehead atoms. The van der Waals surface area contributed by atoms with Crippen LogP contribution >= 0.6 is 0 Å². The number of rotatable bonds is 6. The fourth-order valence-electron chi connectivity index (χ4n) is 3.66. The number of hydrogen-bond donors (Lipinski definition) is 2. The second-order valence-electron chi connectivity index (χ2n) is 7.35. The highest BCUT2D eigenvalue weighted by molar-refractivity contribution is 5.71. The minimum atomic E-state index is -0.667. The average molecular weight is 407 g/mol. The third-order valence-electron chi connectivity index (χ3n) is 5.15. The number of benzene rings is 2. The molecule has 2 N–H and O–H groups in total. The van der Waals surface area contributed by atoms with Crippen LogP contribution in [0.2, 0.25) is 0 Å². The van der Waals surface area contributed by atoms with Crippen LogP contribution in [0.3, 0.4) is 0 Å². The van der Waals surface area contributed by atoms with E-state index in [0.29, 0.717) is 23.5 Å². The molecule has 8 heteroatoms. The Morgan fingerprint density at radius 1 is 1.00 bits per heavy atom. The number of nitrogens with zero attached hydrogens (tertiary/aromatic N) is 3. The standard InChI is InChI=1S/C22H22FN5O2/c23-16-11-12-18(20(13-16)28(29)30)25-21-14-19(15-7-3-1-4-8-15)26-22(27-21)24-17-9-5-2-6-10-17/h1,3-4,7-8,11-14,17H,2,5-6,9-10H2,(H2,24,25,26,27). The summed E-state index contributed by atoms with van der Waals surface area (Å²) in [6.45, 7) is 0. The van der Waals surface area contributed by atoms with Crippen LogP contribution in [0.1, 0.15) is 32.1 Å². The molecule has 7 nitrogen and oxygen atoms in total. The van der Waals surface area contributed by atoms with E-state index in [2.05, 4.69) is 20.6 Å². The summed E-state index contributed by atoms with van der Waals surface area (Å²) in [7, 11) is 0. The van der Waals surface area contributed by atoms with Gasteiger partial charge in [-0.15, -0.1) is 0 Å². The summed E-state index contributed by atoms with van der Waals surface area (Å²) >= 11 is 0. The SMILES string of the molecule is O=[N+]([O-])c1cc(F)ccc1Nc1cc(-c2ccccc2)nc(NC2CCCCC2)n1. The molecule has 0 saturated heterocycles. The third kappa shape index (κ3) is 4.71. The molecule has 3 aromatic rings. The Morgan fingerprint density at radius 2 is 1.77 bits per heavy atom. The summed E-state index contributed by atoms with van der Waals surface area (Å²) in [6, 6.07) is 15.1. The zero-order valence-corrected chi connectivity index (χ0v) is 16.3. The van der Waals surface area contributed by atoms with E-state index < -0.39 is 10.7 Å². The van der Waals surface area contributed by atoms with Gasteiger partial charge >= 0.3 is 0 Å². The second-order valence-corrected chi connectivity index (χ2v) is 7.35. The fourth-order valence-corrected chi connectivity index (χ4v) is 3.66. The van der Waals surface area contributed by atoms with Gasteiger partial charge in [0.05, 0.1) is 16.7 Å². The van der Waals surface area contributed by atoms with Crippen molar-refractivity contribution in [3.63, 3.8) is 0 Å². The van der Waals surface area contributed by atoms with Gasteiger partial charge in [-0.25, -0.2) is 9.37 Å². The van der Waals surface area contributed by atoms with Crippen LogP contribution in [-0.2, 0) is 0 Å². The monoisotopic (exact) mass is 407 g/mol. The number of nitrogens with one attached hydrogen (secondary N) is 2. The first-order valence-corrected chi connectivity index (χ1v) is 10.0. The molecule has 30 heavy (non-hydrogen) atoms. The van der Waals surface area contributed by atoms with E-state index >= 15 is 0 Å². The number of hydrogen-bond acceptors (Lipinski definition) is 6. The Morgan fingerprint density at radius 3 is 2.50 bits per heavy atom. The number of nitro benzene ring substituents is 1.